The van der Waals surface area contributed by atoms with Gasteiger partial charge in [-0.25, -0.2) is 16.8 Å². The summed E-state index contributed by atoms with van der Waals surface area (Å²) in [5, 5.41) is 0. The molecule has 0 saturated heterocycles. The molecule has 1 aromatic heterocycles. The molecule has 0 amide bonds. The molecule has 9 heteroatoms. The highest BCUT2D eigenvalue weighted by atomic mass is 35.5. The molecule has 0 N–H and O–H groups in total. The standard InChI is InChI=1S/C17H14ClNO4S3/c18-17-12-11-14(24-17)13-19(25(20,21)15-7-3-1-4-8-15)26(22,23)16-9-5-2-6-10-16/h1-12H,13H2. The Bertz CT molecular complexity index is 1030. The molecule has 0 radical (unpaired) electrons. The van der Waals surface area contributed by atoms with Gasteiger partial charge in [-0.2, -0.15) is 0 Å². The van der Waals surface area contributed by atoms with Gasteiger partial charge in [-0.1, -0.05) is 51.7 Å². The zero-order chi connectivity index (χ0) is 18.8. The van der Waals surface area contributed by atoms with E-state index < -0.39 is 20.0 Å². The predicted octanol–water partition coefficient (Wildman–Crippen LogP) is 3.98. The molecule has 0 spiro atoms. The first-order chi connectivity index (χ1) is 12.3. The summed E-state index contributed by atoms with van der Waals surface area (Å²) in [7, 11) is -8.57. The van der Waals surface area contributed by atoms with Crippen LogP contribution in [0.2, 0.25) is 4.34 Å². The van der Waals surface area contributed by atoms with E-state index in [1.165, 1.54) is 24.3 Å². The molecular weight excluding hydrogens is 414 g/mol. The molecular formula is C17H14ClNO4S3. The second-order valence-corrected chi connectivity index (χ2v) is 11.0. The van der Waals surface area contributed by atoms with Crippen LogP contribution in [0, 0.1) is 0 Å². The summed E-state index contributed by atoms with van der Waals surface area (Å²) in [6.07, 6.45) is 0. The fourth-order valence-electron chi connectivity index (χ4n) is 2.28. The van der Waals surface area contributed by atoms with Crippen LogP contribution in [0.3, 0.4) is 0 Å². The summed E-state index contributed by atoms with van der Waals surface area (Å²) in [6, 6.07) is 18.2. The van der Waals surface area contributed by atoms with Crippen LogP contribution >= 0.6 is 22.9 Å². The van der Waals surface area contributed by atoms with Crippen molar-refractivity contribution in [3.8, 4) is 0 Å². The number of nitrogens with zero attached hydrogens (tertiary/aromatic N) is 1. The van der Waals surface area contributed by atoms with E-state index in [4.69, 9.17) is 11.6 Å². The molecule has 0 aliphatic heterocycles. The number of thiophene rings is 1. The second-order valence-electron chi connectivity index (χ2n) is 5.27. The lowest BCUT2D eigenvalue weighted by molar-refractivity contribution is 0.496. The van der Waals surface area contributed by atoms with Gasteiger partial charge in [0.15, 0.2) is 0 Å². The van der Waals surface area contributed by atoms with Crippen molar-refractivity contribution in [2.45, 2.75) is 16.3 Å². The fourth-order valence-corrected chi connectivity index (χ4v) is 7.16. The molecule has 0 atom stereocenters. The fraction of sp³-hybridized carbons (Fsp3) is 0.0588. The number of hydrogen-bond acceptors (Lipinski definition) is 5. The van der Waals surface area contributed by atoms with E-state index in [0.29, 0.717) is 12.9 Å². The van der Waals surface area contributed by atoms with Crippen molar-refractivity contribution in [2.24, 2.45) is 0 Å². The van der Waals surface area contributed by atoms with Gasteiger partial charge in [0.25, 0.3) is 20.0 Å². The van der Waals surface area contributed by atoms with E-state index in [0.717, 1.165) is 11.3 Å². The first kappa shape index (κ1) is 19.1. The Hall–Kier alpha value is -1.71. The van der Waals surface area contributed by atoms with Gasteiger partial charge in [0.1, 0.15) is 0 Å². The SMILES string of the molecule is O=S(=O)(c1ccccc1)N(Cc1ccc(Cl)s1)S(=O)(=O)c1ccccc1. The minimum absolute atomic E-state index is 0.0952. The maximum atomic E-state index is 13.1. The average Bonchev–Trinajstić information content (AvgIpc) is 3.06. The number of hydrogen-bond donors (Lipinski definition) is 0. The lowest BCUT2D eigenvalue weighted by atomic mass is 10.4. The van der Waals surface area contributed by atoms with Crippen LogP contribution < -0.4 is 0 Å². The van der Waals surface area contributed by atoms with Gasteiger partial charge in [-0.3, -0.25) is 0 Å². The van der Waals surface area contributed by atoms with E-state index in [-0.39, 0.29) is 16.3 Å². The lowest BCUT2D eigenvalue weighted by Gasteiger charge is -2.21. The van der Waals surface area contributed by atoms with Crippen molar-refractivity contribution in [1.82, 2.24) is 3.71 Å². The second kappa shape index (κ2) is 7.50. The van der Waals surface area contributed by atoms with Crippen molar-refractivity contribution in [3.05, 3.63) is 82.0 Å². The molecule has 3 rings (SSSR count). The van der Waals surface area contributed by atoms with Crippen LogP contribution in [0.4, 0.5) is 0 Å². The zero-order valence-electron chi connectivity index (χ0n) is 13.3. The predicted molar refractivity (Wildman–Crippen MR) is 102 cm³/mol. The van der Waals surface area contributed by atoms with Gasteiger partial charge in [0.05, 0.1) is 20.7 Å². The lowest BCUT2D eigenvalue weighted by Crippen LogP contribution is -2.36. The molecule has 26 heavy (non-hydrogen) atoms. The third-order valence-corrected chi connectivity index (χ3v) is 8.99. The topological polar surface area (TPSA) is 71.5 Å². The highest BCUT2D eigenvalue weighted by Crippen LogP contribution is 2.29. The molecule has 0 aliphatic rings. The summed E-state index contributed by atoms with van der Waals surface area (Å²) in [5.74, 6) is 0. The molecule has 0 unspecified atom stereocenters. The summed E-state index contributed by atoms with van der Waals surface area (Å²) in [4.78, 5) is 0.332. The largest absolute Gasteiger partial charge is 0.256 e. The molecule has 0 aliphatic carbocycles. The third kappa shape index (κ3) is 3.84. The van der Waals surface area contributed by atoms with E-state index in [2.05, 4.69) is 0 Å². The van der Waals surface area contributed by atoms with Crippen LogP contribution in [-0.2, 0) is 26.6 Å². The van der Waals surface area contributed by atoms with Crippen LogP contribution in [0.1, 0.15) is 4.88 Å². The quantitative estimate of drug-likeness (QED) is 0.596. The smallest absolute Gasteiger partial charge is 0.206 e. The molecule has 5 nitrogen and oxygen atoms in total. The first-order valence-corrected chi connectivity index (χ1v) is 11.5. The Morgan fingerprint density at radius 1 is 0.731 bits per heavy atom. The van der Waals surface area contributed by atoms with Gasteiger partial charge in [0.2, 0.25) is 0 Å². The van der Waals surface area contributed by atoms with Gasteiger partial charge in [-0.05, 0) is 36.4 Å². The minimum atomic E-state index is -4.29. The number of rotatable bonds is 6. The molecule has 1 heterocycles. The molecule has 136 valence electrons. The molecule has 0 saturated carbocycles. The van der Waals surface area contributed by atoms with Crippen molar-refractivity contribution >= 4 is 43.0 Å². The Morgan fingerprint density at radius 3 is 1.58 bits per heavy atom. The van der Waals surface area contributed by atoms with Crippen LogP contribution in [0.5, 0.6) is 0 Å². The first-order valence-electron chi connectivity index (χ1n) is 7.44. The zero-order valence-corrected chi connectivity index (χ0v) is 16.5. The van der Waals surface area contributed by atoms with Crippen LogP contribution in [0.15, 0.2) is 82.6 Å². The Morgan fingerprint density at radius 2 is 1.19 bits per heavy atom. The monoisotopic (exact) mass is 427 g/mol. The maximum absolute atomic E-state index is 13.1. The summed E-state index contributed by atoms with van der Waals surface area (Å²) < 4.78 is 53.3. The molecule has 0 fully saturated rings. The average molecular weight is 428 g/mol. The van der Waals surface area contributed by atoms with Crippen molar-refractivity contribution in [2.75, 3.05) is 0 Å². The third-order valence-electron chi connectivity index (χ3n) is 3.53. The normalized spacial score (nSPS) is 12.4. The maximum Gasteiger partial charge on any atom is 0.256 e. The van der Waals surface area contributed by atoms with Crippen molar-refractivity contribution in [3.63, 3.8) is 0 Å². The number of halogens is 1. The van der Waals surface area contributed by atoms with E-state index >= 15 is 0 Å². The van der Waals surface area contributed by atoms with Crippen molar-refractivity contribution < 1.29 is 16.8 Å². The summed E-state index contributed by atoms with van der Waals surface area (Å²) in [5.41, 5.74) is 0. The number of benzene rings is 2. The molecule has 0 bridgehead atoms. The Kier molecular flexibility index (Phi) is 5.50. The summed E-state index contributed by atoms with van der Waals surface area (Å²) in [6.45, 7) is -0.328. The van der Waals surface area contributed by atoms with E-state index in [9.17, 15) is 16.8 Å². The van der Waals surface area contributed by atoms with E-state index in [1.54, 1.807) is 48.5 Å². The number of sulfonamides is 2. The van der Waals surface area contributed by atoms with Crippen LogP contribution in [0.25, 0.3) is 0 Å². The van der Waals surface area contributed by atoms with Gasteiger partial charge in [-0.15, -0.1) is 11.3 Å². The van der Waals surface area contributed by atoms with E-state index in [1.807, 2.05) is 0 Å². The Labute approximate surface area is 161 Å². The van der Waals surface area contributed by atoms with Crippen LogP contribution in [-0.4, -0.2) is 20.5 Å². The van der Waals surface area contributed by atoms with Gasteiger partial charge >= 0.3 is 0 Å². The van der Waals surface area contributed by atoms with Gasteiger partial charge in [0, 0.05) is 4.88 Å². The highest BCUT2D eigenvalue weighted by molar-refractivity contribution is 8.04. The molecule has 2 aromatic carbocycles. The highest BCUT2D eigenvalue weighted by Gasteiger charge is 2.36. The van der Waals surface area contributed by atoms with Gasteiger partial charge < -0.3 is 0 Å². The molecule has 3 aromatic rings. The minimum Gasteiger partial charge on any atom is -0.206 e. The van der Waals surface area contributed by atoms with Crippen molar-refractivity contribution in [1.29, 1.82) is 0 Å². The Balaban J connectivity index is 2.14. The summed E-state index contributed by atoms with van der Waals surface area (Å²) >= 11 is 7.04.